The Labute approximate surface area is 152 Å². The van der Waals surface area contributed by atoms with Crippen molar-refractivity contribution >= 4 is 66.2 Å². The van der Waals surface area contributed by atoms with E-state index in [1.54, 1.807) is 0 Å². The molecule has 3 aromatic rings. The van der Waals surface area contributed by atoms with Crippen LogP contribution in [0.3, 0.4) is 0 Å². The minimum absolute atomic E-state index is 1.21. The zero-order valence-corrected chi connectivity index (χ0v) is 17.5. The topological polar surface area (TPSA) is 0 Å². The van der Waals surface area contributed by atoms with Crippen molar-refractivity contribution in [1.29, 1.82) is 0 Å². The van der Waals surface area contributed by atoms with Crippen LogP contribution in [0.4, 0.5) is 0 Å². The van der Waals surface area contributed by atoms with Gasteiger partial charge in [0.15, 0.2) is 0 Å². The Morgan fingerprint density at radius 2 is 1.14 bits per heavy atom. The lowest BCUT2D eigenvalue weighted by molar-refractivity contribution is 1.58. The Bertz CT molecular complexity index is 806. The van der Waals surface area contributed by atoms with Gasteiger partial charge in [0.05, 0.1) is 0 Å². The van der Waals surface area contributed by atoms with Crippen LogP contribution in [0.25, 0.3) is 22.3 Å². The van der Waals surface area contributed by atoms with Gasteiger partial charge in [-0.25, -0.2) is 0 Å². The van der Waals surface area contributed by atoms with Crippen LogP contribution in [0.2, 0.25) is 0 Å². The summed E-state index contributed by atoms with van der Waals surface area (Å²) in [5, 5.41) is 3.62. The molecule has 0 aliphatic carbocycles. The van der Waals surface area contributed by atoms with Crippen LogP contribution in [0.1, 0.15) is 0 Å². The van der Waals surface area contributed by atoms with Crippen molar-refractivity contribution in [2.24, 2.45) is 0 Å². The molecule has 0 radical (unpaired) electrons. The van der Waals surface area contributed by atoms with Gasteiger partial charge in [0, 0.05) is 3.57 Å². The first kappa shape index (κ1) is 16.5. The molecule has 0 spiro atoms. The third kappa shape index (κ3) is 3.77. The molecule has 0 aliphatic heterocycles. The highest BCUT2D eigenvalue weighted by molar-refractivity contribution is 14.1. The molecule has 0 aromatic heterocycles. The molecule has 3 aromatic carbocycles. The first-order chi connectivity index (χ1) is 10.5. The molecule has 0 N–H and O–H groups in total. The van der Waals surface area contributed by atoms with Gasteiger partial charge >= 0.3 is 0 Å². The number of benzene rings is 3. The lowest BCUT2D eigenvalue weighted by atomic mass is 10.0. The summed E-state index contributed by atoms with van der Waals surface area (Å²) >= 11 is 2.43. The van der Waals surface area contributed by atoms with Crippen molar-refractivity contribution in [3.63, 3.8) is 0 Å². The van der Waals surface area contributed by atoms with E-state index in [0.717, 1.165) is 0 Å². The molecule has 0 aliphatic rings. The van der Waals surface area contributed by atoms with E-state index in [9.17, 15) is 0 Å². The average Bonchev–Trinajstić information content (AvgIpc) is 2.46. The van der Waals surface area contributed by atoms with Crippen LogP contribution in [0.5, 0.6) is 0 Å². The zero-order chi connectivity index (χ0) is 15.7. The van der Waals surface area contributed by atoms with Gasteiger partial charge in [0.2, 0.25) is 0 Å². The van der Waals surface area contributed by atoms with Gasteiger partial charge < -0.3 is 0 Å². The molecule has 0 saturated heterocycles. The van der Waals surface area contributed by atoms with Crippen LogP contribution < -0.4 is 15.9 Å². The van der Waals surface area contributed by atoms with Gasteiger partial charge in [-0.1, -0.05) is 36.4 Å². The second-order valence-electron chi connectivity index (χ2n) is 5.20. The molecule has 0 amide bonds. The highest BCUT2D eigenvalue weighted by atomic mass is 127. The molecule has 0 nitrogen and oxygen atoms in total. The van der Waals surface area contributed by atoms with E-state index in [1.165, 1.54) is 41.7 Å². The lowest BCUT2D eigenvalue weighted by Crippen LogP contribution is -2.02. The molecule has 110 valence electrons. The predicted octanol–water partition coefficient (Wildman–Crippen LogP) is 4.13. The fourth-order valence-electron chi connectivity index (χ4n) is 2.44. The van der Waals surface area contributed by atoms with E-state index >= 15 is 0 Å². The quantitative estimate of drug-likeness (QED) is 0.406. The highest BCUT2D eigenvalue weighted by Crippen LogP contribution is 2.29. The Morgan fingerprint density at radius 1 is 0.545 bits per heavy atom. The minimum Gasteiger partial charge on any atom is -0.106 e. The molecule has 3 atom stereocenters. The summed E-state index contributed by atoms with van der Waals surface area (Å²) in [7, 11) is 8.28. The first-order valence-electron chi connectivity index (χ1n) is 6.85. The minimum atomic E-state index is 1.21. The fraction of sp³-hybridized carbons (Fsp3) is 0. The van der Waals surface area contributed by atoms with Crippen LogP contribution in [-0.4, -0.2) is 0 Å². The number of halogens is 1. The largest absolute Gasteiger partial charge is 0.106 e. The molecule has 0 fully saturated rings. The molecule has 3 rings (SSSR count). The molecule has 0 heterocycles. The maximum absolute atomic E-state index is 2.78. The summed E-state index contributed by atoms with van der Waals surface area (Å²) in [6.45, 7) is 0. The van der Waals surface area contributed by atoms with Crippen LogP contribution in [0, 0.1) is 3.57 Å². The van der Waals surface area contributed by atoms with E-state index < -0.39 is 0 Å². The van der Waals surface area contributed by atoms with E-state index in [2.05, 4.69) is 111 Å². The van der Waals surface area contributed by atoms with Crippen LogP contribution in [-0.2, 0) is 0 Å². The summed E-state index contributed by atoms with van der Waals surface area (Å²) in [4.78, 5) is 0. The van der Waals surface area contributed by atoms with E-state index in [4.69, 9.17) is 0 Å². The van der Waals surface area contributed by atoms with Crippen molar-refractivity contribution in [2.75, 3.05) is 0 Å². The Hall–Kier alpha value is -0.320. The van der Waals surface area contributed by atoms with E-state index in [1.807, 2.05) is 0 Å². The van der Waals surface area contributed by atoms with Crippen molar-refractivity contribution < 1.29 is 0 Å². The third-order valence-corrected chi connectivity index (χ3v) is 5.45. The number of rotatable bonds is 2. The summed E-state index contributed by atoms with van der Waals surface area (Å²) in [5.74, 6) is 0. The summed E-state index contributed by atoms with van der Waals surface area (Å²) in [6, 6.07) is 21.8. The molecular weight excluding hydrogens is 436 g/mol. The molecule has 0 saturated carbocycles. The standard InChI is InChI=1S/C18H16IP3/c19-18-9-12(11-1-4-14(20)5-2-11)3-6-17(18)13-7-15(21)10-16(22)8-13/h1-10H,20-22H2. The van der Waals surface area contributed by atoms with Gasteiger partial charge in [-0.05, 0) is 85.0 Å². The van der Waals surface area contributed by atoms with E-state index in [0.29, 0.717) is 0 Å². The Balaban J connectivity index is 2.03. The maximum Gasteiger partial charge on any atom is 0.0214 e. The zero-order valence-electron chi connectivity index (χ0n) is 11.9. The third-order valence-electron chi connectivity index (χ3n) is 3.50. The van der Waals surface area contributed by atoms with Crippen molar-refractivity contribution in [2.45, 2.75) is 0 Å². The molecule has 4 heteroatoms. The highest BCUT2D eigenvalue weighted by Gasteiger charge is 2.07. The van der Waals surface area contributed by atoms with Gasteiger partial charge in [0.1, 0.15) is 0 Å². The van der Waals surface area contributed by atoms with Crippen LogP contribution >= 0.6 is 50.3 Å². The first-order valence-corrected chi connectivity index (χ1v) is 9.66. The normalized spacial score (nSPS) is 10.7. The van der Waals surface area contributed by atoms with E-state index in [-0.39, 0.29) is 0 Å². The van der Waals surface area contributed by atoms with Gasteiger partial charge in [-0.2, -0.15) is 0 Å². The Morgan fingerprint density at radius 3 is 1.73 bits per heavy atom. The van der Waals surface area contributed by atoms with Gasteiger partial charge in [-0.15, -0.1) is 27.7 Å². The summed E-state index contributed by atoms with van der Waals surface area (Å²) in [5.41, 5.74) is 5.04. The van der Waals surface area contributed by atoms with Gasteiger partial charge in [0.25, 0.3) is 0 Å². The summed E-state index contributed by atoms with van der Waals surface area (Å²) < 4.78 is 1.27. The molecule has 3 unspecified atom stereocenters. The monoisotopic (exact) mass is 452 g/mol. The SMILES string of the molecule is Pc1ccc(-c2ccc(-c3cc(P)cc(P)c3)c(I)c2)cc1. The molecule has 22 heavy (non-hydrogen) atoms. The second kappa shape index (κ2) is 7.06. The number of hydrogen-bond acceptors (Lipinski definition) is 0. The van der Waals surface area contributed by atoms with Crippen molar-refractivity contribution in [3.8, 4) is 22.3 Å². The van der Waals surface area contributed by atoms with Gasteiger partial charge in [-0.3, -0.25) is 0 Å². The average molecular weight is 452 g/mol. The smallest absolute Gasteiger partial charge is 0.0214 e. The lowest BCUT2D eigenvalue weighted by Gasteiger charge is -2.10. The maximum atomic E-state index is 2.78. The fourth-order valence-corrected chi connectivity index (χ4v) is 4.39. The molecular formula is C18H16IP3. The van der Waals surface area contributed by atoms with Crippen molar-refractivity contribution in [1.82, 2.24) is 0 Å². The Kier molecular flexibility index (Phi) is 5.31. The van der Waals surface area contributed by atoms with Crippen LogP contribution in [0.15, 0.2) is 60.7 Å². The second-order valence-corrected chi connectivity index (χ2v) is 8.37. The number of hydrogen-bond donors (Lipinski definition) is 0. The summed E-state index contributed by atoms with van der Waals surface area (Å²) in [6.07, 6.45) is 0. The molecule has 0 bridgehead atoms. The predicted molar refractivity (Wildman–Crippen MR) is 118 cm³/mol. The van der Waals surface area contributed by atoms with Crippen molar-refractivity contribution in [3.05, 3.63) is 64.2 Å².